The quantitative estimate of drug-likeness (QED) is 0.692. The Kier molecular flexibility index (Phi) is 2.75. The fourth-order valence-electron chi connectivity index (χ4n) is 2.28. The van der Waals surface area contributed by atoms with Gasteiger partial charge in [-0.3, -0.25) is 9.59 Å². The van der Waals surface area contributed by atoms with Gasteiger partial charge in [0.1, 0.15) is 5.75 Å². The van der Waals surface area contributed by atoms with E-state index >= 15 is 0 Å². The van der Waals surface area contributed by atoms with E-state index in [4.69, 9.17) is 4.74 Å². The maximum atomic E-state index is 12.5. The highest BCUT2D eigenvalue weighted by Crippen LogP contribution is 2.37. The van der Waals surface area contributed by atoms with Gasteiger partial charge in [-0.15, -0.1) is 0 Å². The molecule has 0 saturated carbocycles. The zero-order valence-electron chi connectivity index (χ0n) is 10.1. The minimum absolute atomic E-state index is 0.131. The predicted octanol–water partition coefficient (Wildman–Crippen LogP) is 3.23. The van der Waals surface area contributed by atoms with Crippen LogP contribution in [-0.4, -0.2) is 18.7 Å². The summed E-state index contributed by atoms with van der Waals surface area (Å²) in [5.41, 5.74) is 1.69. The molecule has 3 rings (SSSR count). The average molecular weight is 317 g/mol. The average Bonchev–Trinajstić information content (AvgIpc) is 2.44. The SMILES string of the molecule is COc1ccc2c(c1Br)C(=O)c1ccccc1C2=O. The van der Waals surface area contributed by atoms with Crippen molar-refractivity contribution in [3.05, 3.63) is 63.1 Å². The van der Waals surface area contributed by atoms with Crippen LogP contribution in [0.15, 0.2) is 40.9 Å². The summed E-state index contributed by atoms with van der Waals surface area (Å²) in [4.78, 5) is 24.9. The molecule has 0 bridgehead atoms. The number of hydrogen-bond donors (Lipinski definition) is 0. The molecule has 0 spiro atoms. The van der Waals surface area contributed by atoms with Crippen LogP contribution in [0, 0.1) is 0 Å². The molecule has 19 heavy (non-hydrogen) atoms. The molecule has 0 amide bonds. The van der Waals surface area contributed by atoms with Crippen molar-refractivity contribution in [1.29, 1.82) is 0 Å². The Bertz CT molecular complexity index is 719. The van der Waals surface area contributed by atoms with Crippen LogP contribution in [0.1, 0.15) is 31.8 Å². The van der Waals surface area contributed by atoms with E-state index in [1.54, 1.807) is 36.4 Å². The number of fused-ring (bicyclic) bond motifs is 2. The third kappa shape index (κ3) is 1.64. The fourth-order valence-corrected chi connectivity index (χ4v) is 2.97. The van der Waals surface area contributed by atoms with Crippen molar-refractivity contribution in [2.45, 2.75) is 0 Å². The van der Waals surface area contributed by atoms with Crippen molar-refractivity contribution >= 4 is 27.5 Å². The summed E-state index contributed by atoms with van der Waals surface area (Å²) in [6.07, 6.45) is 0. The molecule has 4 heteroatoms. The van der Waals surface area contributed by atoms with Gasteiger partial charge in [-0.1, -0.05) is 24.3 Å². The molecule has 0 heterocycles. The Labute approximate surface area is 118 Å². The third-order valence-electron chi connectivity index (χ3n) is 3.21. The van der Waals surface area contributed by atoms with E-state index in [1.165, 1.54) is 7.11 Å². The normalized spacial score (nSPS) is 12.9. The molecular formula is C15H9BrO3. The van der Waals surface area contributed by atoms with E-state index in [0.717, 1.165) is 0 Å². The molecule has 0 radical (unpaired) electrons. The number of ether oxygens (including phenoxy) is 1. The largest absolute Gasteiger partial charge is 0.496 e. The number of rotatable bonds is 1. The van der Waals surface area contributed by atoms with Crippen molar-refractivity contribution in [2.24, 2.45) is 0 Å². The molecule has 0 aliphatic heterocycles. The fraction of sp³-hybridized carbons (Fsp3) is 0.0667. The van der Waals surface area contributed by atoms with E-state index in [1.807, 2.05) is 0 Å². The van der Waals surface area contributed by atoms with E-state index in [0.29, 0.717) is 32.5 Å². The Hall–Kier alpha value is -1.94. The zero-order valence-corrected chi connectivity index (χ0v) is 11.7. The zero-order chi connectivity index (χ0) is 13.6. The standard InChI is InChI=1S/C15H9BrO3/c1-19-11-7-6-10-12(13(11)16)15(18)9-5-3-2-4-8(9)14(10)17/h2-7H,1H3. The summed E-state index contributed by atoms with van der Waals surface area (Å²) in [6.45, 7) is 0. The van der Waals surface area contributed by atoms with Gasteiger partial charge in [-0.25, -0.2) is 0 Å². The van der Waals surface area contributed by atoms with Gasteiger partial charge in [-0.05, 0) is 28.1 Å². The van der Waals surface area contributed by atoms with Crippen LogP contribution in [0.2, 0.25) is 0 Å². The Morgan fingerprint density at radius 1 is 0.895 bits per heavy atom. The molecule has 0 saturated heterocycles. The molecule has 0 atom stereocenters. The molecule has 0 aromatic heterocycles. The van der Waals surface area contributed by atoms with Gasteiger partial charge in [0.2, 0.25) is 0 Å². The minimum atomic E-state index is -0.157. The van der Waals surface area contributed by atoms with Gasteiger partial charge < -0.3 is 4.74 Å². The van der Waals surface area contributed by atoms with Crippen LogP contribution >= 0.6 is 15.9 Å². The summed E-state index contributed by atoms with van der Waals surface area (Å²) in [5, 5.41) is 0. The lowest BCUT2D eigenvalue weighted by Gasteiger charge is -2.19. The van der Waals surface area contributed by atoms with Gasteiger partial charge in [0.05, 0.1) is 17.1 Å². The lowest BCUT2D eigenvalue weighted by atomic mass is 9.84. The topological polar surface area (TPSA) is 43.4 Å². The molecular weight excluding hydrogens is 308 g/mol. The van der Waals surface area contributed by atoms with Crippen LogP contribution in [0.5, 0.6) is 5.75 Å². The third-order valence-corrected chi connectivity index (χ3v) is 4.00. The first kappa shape index (κ1) is 12.1. The molecule has 2 aromatic rings. The van der Waals surface area contributed by atoms with Crippen LogP contribution in [0.4, 0.5) is 0 Å². The first-order valence-corrected chi connectivity index (χ1v) is 6.49. The molecule has 1 aliphatic rings. The second-order valence-corrected chi connectivity index (χ2v) is 5.00. The summed E-state index contributed by atoms with van der Waals surface area (Å²) in [6, 6.07) is 10.2. The Morgan fingerprint density at radius 2 is 1.53 bits per heavy atom. The molecule has 2 aromatic carbocycles. The van der Waals surface area contributed by atoms with E-state index in [-0.39, 0.29) is 11.6 Å². The molecule has 0 N–H and O–H groups in total. The van der Waals surface area contributed by atoms with E-state index < -0.39 is 0 Å². The van der Waals surface area contributed by atoms with Crippen LogP contribution in [0.3, 0.4) is 0 Å². The number of benzene rings is 2. The van der Waals surface area contributed by atoms with Crippen molar-refractivity contribution in [3.8, 4) is 5.75 Å². The van der Waals surface area contributed by atoms with Crippen molar-refractivity contribution in [3.63, 3.8) is 0 Å². The predicted molar refractivity (Wildman–Crippen MR) is 74.0 cm³/mol. The Balaban J connectivity index is 2.33. The second kappa shape index (κ2) is 4.31. The highest BCUT2D eigenvalue weighted by Gasteiger charge is 2.32. The Morgan fingerprint density at radius 3 is 2.16 bits per heavy atom. The maximum absolute atomic E-state index is 12.5. The highest BCUT2D eigenvalue weighted by atomic mass is 79.9. The molecule has 94 valence electrons. The van der Waals surface area contributed by atoms with Gasteiger partial charge in [0.25, 0.3) is 0 Å². The lowest BCUT2D eigenvalue weighted by molar-refractivity contribution is 0.0978. The number of ketones is 2. The smallest absolute Gasteiger partial charge is 0.195 e. The highest BCUT2D eigenvalue weighted by molar-refractivity contribution is 9.10. The molecule has 0 fully saturated rings. The number of hydrogen-bond acceptors (Lipinski definition) is 3. The van der Waals surface area contributed by atoms with E-state index in [9.17, 15) is 9.59 Å². The number of carbonyl (C=O) groups is 2. The van der Waals surface area contributed by atoms with Crippen LogP contribution < -0.4 is 4.74 Å². The van der Waals surface area contributed by atoms with Gasteiger partial charge >= 0.3 is 0 Å². The van der Waals surface area contributed by atoms with Crippen molar-refractivity contribution in [2.75, 3.05) is 7.11 Å². The maximum Gasteiger partial charge on any atom is 0.195 e. The number of carbonyl (C=O) groups excluding carboxylic acids is 2. The van der Waals surface area contributed by atoms with Gasteiger partial charge in [0, 0.05) is 16.7 Å². The summed E-state index contributed by atoms with van der Waals surface area (Å²) >= 11 is 3.35. The van der Waals surface area contributed by atoms with Crippen molar-refractivity contribution in [1.82, 2.24) is 0 Å². The number of halogens is 1. The summed E-state index contributed by atoms with van der Waals surface area (Å²) in [5.74, 6) is 0.254. The van der Waals surface area contributed by atoms with Gasteiger partial charge in [-0.2, -0.15) is 0 Å². The number of methoxy groups -OCH3 is 1. The monoisotopic (exact) mass is 316 g/mol. The molecule has 1 aliphatic carbocycles. The minimum Gasteiger partial charge on any atom is -0.496 e. The second-order valence-electron chi connectivity index (χ2n) is 4.21. The van der Waals surface area contributed by atoms with Crippen LogP contribution in [0.25, 0.3) is 0 Å². The molecule has 3 nitrogen and oxygen atoms in total. The van der Waals surface area contributed by atoms with Crippen LogP contribution in [-0.2, 0) is 0 Å². The summed E-state index contributed by atoms with van der Waals surface area (Å²) in [7, 11) is 1.52. The first-order chi connectivity index (χ1) is 9.15. The summed E-state index contributed by atoms with van der Waals surface area (Å²) < 4.78 is 5.70. The molecule has 0 unspecified atom stereocenters. The lowest BCUT2D eigenvalue weighted by Crippen LogP contribution is -2.21. The first-order valence-electron chi connectivity index (χ1n) is 5.70. The van der Waals surface area contributed by atoms with Crippen molar-refractivity contribution < 1.29 is 14.3 Å². The van der Waals surface area contributed by atoms with E-state index in [2.05, 4.69) is 15.9 Å². The van der Waals surface area contributed by atoms with Gasteiger partial charge in [0.15, 0.2) is 11.6 Å².